The van der Waals surface area contributed by atoms with Gasteiger partial charge in [-0.25, -0.2) is 8.78 Å². The van der Waals surface area contributed by atoms with Crippen molar-refractivity contribution in [3.63, 3.8) is 0 Å². The molecule has 0 fully saturated rings. The molecule has 1 unspecified atom stereocenters. The monoisotopic (exact) mass is 459 g/mol. The van der Waals surface area contributed by atoms with Gasteiger partial charge in [-0.3, -0.25) is 0 Å². The zero-order chi connectivity index (χ0) is 20.5. The zero-order valence-electron chi connectivity index (χ0n) is 14.4. The van der Waals surface area contributed by atoms with Crippen LogP contribution in [0, 0.1) is 11.6 Å². The molecule has 0 aliphatic carbocycles. The number of allylic oxidation sites excluding steroid dienone is 2. The van der Waals surface area contributed by atoms with Gasteiger partial charge in [-0.05, 0) is 17.6 Å². The third-order valence-electron chi connectivity index (χ3n) is 4.14. The molecule has 1 aliphatic heterocycles. The predicted octanol–water partition coefficient (Wildman–Crippen LogP) is 6.04. The summed E-state index contributed by atoms with van der Waals surface area (Å²) in [5.41, 5.74) is 1.74. The van der Waals surface area contributed by atoms with Gasteiger partial charge in [0.25, 0.3) is 0 Å². The first-order valence-corrected chi connectivity index (χ1v) is 9.14. The summed E-state index contributed by atoms with van der Waals surface area (Å²) in [5, 5.41) is 2.93. The van der Waals surface area contributed by atoms with E-state index in [4.69, 9.17) is 0 Å². The Morgan fingerprint density at radius 3 is 2.29 bits per heavy atom. The first-order valence-electron chi connectivity index (χ1n) is 8.23. The largest absolute Gasteiger partial charge is 0.484 e. The van der Waals surface area contributed by atoms with Gasteiger partial charge in [0.2, 0.25) is 0 Å². The third-order valence-corrected chi connectivity index (χ3v) is 5.02. The minimum atomic E-state index is -4.61. The van der Waals surface area contributed by atoms with E-state index >= 15 is 0 Å². The first-order chi connectivity index (χ1) is 13.2. The summed E-state index contributed by atoms with van der Waals surface area (Å²) >= 11 is 3.47. The van der Waals surface area contributed by atoms with E-state index in [0.29, 0.717) is 17.7 Å². The molecule has 0 amide bonds. The molecule has 148 valence electrons. The second kappa shape index (κ2) is 7.95. The number of rotatable bonds is 4. The number of nitrogens with one attached hydrogen (secondary N) is 1. The summed E-state index contributed by atoms with van der Waals surface area (Å²) < 4.78 is 70.7. The van der Waals surface area contributed by atoms with Gasteiger partial charge in [0.05, 0.1) is 16.1 Å². The van der Waals surface area contributed by atoms with E-state index in [1.807, 2.05) is 6.07 Å². The molecule has 0 bridgehead atoms. The fraction of sp³-hybridized carbons (Fsp3) is 0.200. The van der Waals surface area contributed by atoms with E-state index < -0.39 is 30.2 Å². The number of benzene rings is 2. The molecule has 1 heterocycles. The van der Waals surface area contributed by atoms with Crippen molar-refractivity contribution in [2.45, 2.75) is 17.4 Å². The third kappa shape index (κ3) is 4.55. The molecular formula is C20H15BrF5NO. The molecule has 1 aliphatic rings. The molecule has 0 saturated heterocycles. The average molecular weight is 460 g/mol. The number of hydrogen-bond acceptors (Lipinski definition) is 2. The number of alkyl halides is 4. The maximum absolute atomic E-state index is 14.7. The van der Waals surface area contributed by atoms with E-state index in [-0.39, 0.29) is 16.1 Å². The lowest BCUT2D eigenvalue weighted by molar-refractivity contribution is -0.153. The Morgan fingerprint density at radius 2 is 1.71 bits per heavy atom. The van der Waals surface area contributed by atoms with Crippen LogP contribution in [0.15, 0.2) is 54.7 Å². The standard InChI is InChI=1S/C20H15BrF5NO/c1-11-15(21)9-14(12-5-3-2-4-6-12)19(27-11)18-16(22)7-13(8-17(18)23)28-10-20(24,25)26/h2-8,15,27H,1,9-10H2. The van der Waals surface area contributed by atoms with Crippen molar-refractivity contribution in [1.29, 1.82) is 0 Å². The first kappa shape index (κ1) is 20.4. The van der Waals surface area contributed by atoms with E-state index in [2.05, 4.69) is 32.6 Å². The maximum Gasteiger partial charge on any atom is 0.422 e. The summed E-state index contributed by atoms with van der Waals surface area (Å²) in [6, 6.07) is 10.5. The second-order valence-electron chi connectivity index (χ2n) is 6.21. The van der Waals surface area contributed by atoms with Gasteiger partial charge in [-0.2, -0.15) is 13.2 Å². The second-order valence-corrected chi connectivity index (χ2v) is 7.31. The maximum atomic E-state index is 14.7. The highest BCUT2D eigenvalue weighted by Crippen LogP contribution is 2.39. The Bertz CT molecular complexity index is 901. The smallest absolute Gasteiger partial charge is 0.422 e. The topological polar surface area (TPSA) is 21.3 Å². The van der Waals surface area contributed by atoms with Crippen molar-refractivity contribution in [2.75, 3.05) is 6.61 Å². The predicted molar refractivity (Wildman–Crippen MR) is 101 cm³/mol. The van der Waals surface area contributed by atoms with Gasteiger partial charge in [-0.1, -0.05) is 52.8 Å². The van der Waals surface area contributed by atoms with Crippen LogP contribution in [0.25, 0.3) is 11.3 Å². The molecule has 0 radical (unpaired) electrons. The molecule has 2 nitrogen and oxygen atoms in total. The van der Waals surface area contributed by atoms with Crippen LogP contribution in [0.4, 0.5) is 22.0 Å². The molecule has 0 aromatic heterocycles. The summed E-state index contributed by atoms with van der Waals surface area (Å²) in [6.45, 7) is 2.21. The van der Waals surface area contributed by atoms with E-state index in [1.165, 1.54) is 0 Å². The average Bonchev–Trinajstić information content (AvgIpc) is 2.62. The summed E-state index contributed by atoms with van der Waals surface area (Å²) in [6.07, 6.45) is -4.18. The minimum absolute atomic E-state index is 0.146. The van der Waals surface area contributed by atoms with Crippen molar-refractivity contribution in [2.24, 2.45) is 0 Å². The van der Waals surface area contributed by atoms with Crippen LogP contribution in [0.3, 0.4) is 0 Å². The summed E-state index contributed by atoms with van der Waals surface area (Å²) in [7, 11) is 0. The van der Waals surface area contributed by atoms with Gasteiger partial charge in [0.15, 0.2) is 6.61 Å². The van der Waals surface area contributed by atoms with E-state index in [0.717, 1.165) is 17.7 Å². The molecule has 2 aromatic carbocycles. The highest BCUT2D eigenvalue weighted by Gasteiger charge is 2.30. The molecule has 2 aromatic rings. The molecule has 28 heavy (non-hydrogen) atoms. The van der Waals surface area contributed by atoms with Crippen molar-refractivity contribution in [3.05, 3.63) is 77.5 Å². The fourth-order valence-corrected chi connectivity index (χ4v) is 3.31. The van der Waals surface area contributed by atoms with Crippen LogP contribution in [-0.4, -0.2) is 17.6 Å². The Morgan fingerprint density at radius 1 is 1.11 bits per heavy atom. The van der Waals surface area contributed by atoms with E-state index in [9.17, 15) is 22.0 Å². The van der Waals surface area contributed by atoms with Crippen molar-refractivity contribution in [1.82, 2.24) is 5.32 Å². The van der Waals surface area contributed by atoms with Crippen LogP contribution in [-0.2, 0) is 0 Å². The lowest BCUT2D eigenvalue weighted by atomic mass is 9.91. The molecule has 0 spiro atoms. The molecular weight excluding hydrogens is 445 g/mol. The normalized spacial score (nSPS) is 17.5. The zero-order valence-corrected chi connectivity index (χ0v) is 16.0. The highest BCUT2D eigenvalue weighted by molar-refractivity contribution is 9.09. The van der Waals surface area contributed by atoms with Crippen LogP contribution >= 0.6 is 15.9 Å². The van der Waals surface area contributed by atoms with Gasteiger partial charge in [0, 0.05) is 17.8 Å². The Balaban J connectivity index is 2.07. The Kier molecular flexibility index (Phi) is 5.79. The number of hydrogen-bond donors (Lipinski definition) is 1. The lowest BCUT2D eigenvalue weighted by Crippen LogP contribution is -2.26. The van der Waals surface area contributed by atoms with Gasteiger partial charge in [-0.15, -0.1) is 0 Å². The molecule has 1 atom stereocenters. The van der Waals surface area contributed by atoms with E-state index in [1.54, 1.807) is 24.3 Å². The van der Waals surface area contributed by atoms with Crippen molar-refractivity contribution < 1.29 is 26.7 Å². The molecule has 1 N–H and O–H groups in total. The quantitative estimate of drug-likeness (QED) is 0.444. The van der Waals surface area contributed by atoms with Gasteiger partial charge >= 0.3 is 6.18 Å². The van der Waals surface area contributed by atoms with Gasteiger partial charge < -0.3 is 10.1 Å². The Hall–Kier alpha value is -2.35. The molecule has 0 saturated carbocycles. The summed E-state index contributed by atoms with van der Waals surface area (Å²) in [5.74, 6) is -2.60. The number of ether oxygens (including phenoxy) is 1. The summed E-state index contributed by atoms with van der Waals surface area (Å²) in [4.78, 5) is -0.146. The van der Waals surface area contributed by atoms with Crippen LogP contribution in [0.5, 0.6) is 5.75 Å². The highest BCUT2D eigenvalue weighted by atomic mass is 79.9. The lowest BCUT2D eigenvalue weighted by Gasteiger charge is -2.28. The number of halogens is 6. The van der Waals surface area contributed by atoms with Gasteiger partial charge in [0.1, 0.15) is 17.4 Å². The molecule has 8 heteroatoms. The minimum Gasteiger partial charge on any atom is -0.484 e. The van der Waals surface area contributed by atoms with Crippen molar-refractivity contribution >= 4 is 27.2 Å². The van der Waals surface area contributed by atoms with Crippen LogP contribution in [0.1, 0.15) is 17.5 Å². The molecule has 3 rings (SSSR count). The SMILES string of the molecule is C=C1NC(c2c(F)cc(OCC(F)(F)F)cc2F)=C(c2ccccc2)CC1Br. The van der Waals surface area contributed by atoms with Crippen molar-refractivity contribution in [3.8, 4) is 5.75 Å². The Labute approximate surface area is 166 Å². The fourth-order valence-electron chi connectivity index (χ4n) is 2.87. The van der Waals surface area contributed by atoms with Crippen LogP contribution in [0.2, 0.25) is 0 Å². The van der Waals surface area contributed by atoms with Crippen LogP contribution < -0.4 is 10.1 Å².